The molecule has 0 aromatic heterocycles. The predicted octanol–water partition coefficient (Wildman–Crippen LogP) is 2.51. The Morgan fingerprint density at radius 2 is 1.81 bits per heavy atom. The summed E-state index contributed by atoms with van der Waals surface area (Å²) in [7, 11) is 0. The normalized spacial score (nSPS) is 11.6. The fraction of sp³-hybridized carbons (Fsp3) is 0.176. The van der Waals surface area contributed by atoms with E-state index >= 15 is 0 Å². The Bertz CT molecular complexity index is 654. The smallest absolute Gasteiger partial charge is 0.248 e. The Kier molecular flexibility index (Phi) is 4.70. The molecule has 0 aliphatic rings. The van der Waals surface area contributed by atoms with E-state index < -0.39 is 5.91 Å². The van der Waals surface area contributed by atoms with Gasteiger partial charge in [0.05, 0.1) is 11.6 Å². The molecule has 1 unspecified atom stereocenters. The summed E-state index contributed by atoms with van der Waals surface area (Å²) in [5, 5.41) is 12.2. The fourth-order valence-electron chi connectivity index (χ4n) is 2.02. The Morgan fingerprint density at radius 3 is 2.33 bits per heavy atom. The van der Waals surface area contributed by atoms with Gasteiger partial charge in [0.1, 0.15) is 0 Å². The summed E-state index contributed by atoms with van der Waals surface area (Å²) in [4.78, 5) is 11.0. The zero-order valence-corrected chi connectivity index (χ0v) is 11.8. The molecule has 0 aliphatic carbocycles. The molecule has 21 heavy (non-hydrogen) atoms. The van der Waals surface area contributed by atoms with E-state index in [1.165, 1.54) is 0 Å². The quantitative estimate of drug-likeness (QED) is 0.882. The SMILES string of the molecule is CC(NCc1ccc(C(N)=O)cc1)c1ccc(C#N)cc1. The topological polar surface area (TPSA) is 78.9 Å². The van der Waals surface area contributed by atoms with Gasteiger partial charge in [-0.05, 0) is 42.3 Å². The first-order chi connectivity index (χ1) is 10.1. The molecule has 0 spiro atoms. The second-order valence-corrected chi connectivity index (χ2v) is 4.90. The molecule has 0 radical (unpaired) electrons. The molecule has 0 aliphatic heterocycles. The summed E-state index contributed by atoms with van der Waals surface area (Å²) >= 11 is 0. The van der Waals surface area contributed by atoms with E-state index in [1.807, 2.05) is 36.4 Å². The second-order valence-electron chi connectivity index (χ2n) is 4.90. The summed E-state index contributed by atoms with van der Waals surface area (Å²) < 4.78 is 0. The molecule has 2 rings (SSSR count). The van der Waals surface area contributed by atoms with Gasteiger partial charge in [0.25, 0.3) is 0 Å². The molecule has 1 amide bonds. The average molecular weight is 279 g/mol. The standard InChI is InChI=1S/C17H17N3O/c1-12(15-6-2-13(10-18)3-7-15)20-11-14-4-8-16(9-5-14)17(19)21/h2-9,12,20H,11H2,1H3,(H2,19,21). The molecular formula is C17H17N3O. The maximum Gasteiger partial charge on any atom is 0.248 e. The number of nitrogens with two attached hydrogens (primary N) is 1. The van der Waals surface area contributed by atoms with E-state index in [0.717, 1.165) is 11.1 Å². The van der Waals surface area contributed by atoms with Crippen LogP contribution < -0.4 is 11.1 Å². The Morgan fingerprint density at radius 1 is 1.19 bits per heavy atom. The number of nitrogens with one attached hydrogen (secondary N) is 1. The highest BCUT2D eigenvalue weighted by Gasteiger charge is 2.05. The first kappa shape index (κ1) is 14.8. The van der Waals surface area contributed by atoms with E-state index in [-0.39, 0.29) is 6.04 Å². The van der Waals surface area contributed by atoms with Crippen LogP contribution in [0.5, 0.6) is 0 Å². The van der Waals surface area contributed by atoms with Crippen molar-refractivity contribution in [2.24, 2.45) is 5.73 Å². The van der Waals surface area contributed by atoms with Crippen molar-refractivity contribution in [1.82, 2.24) is 5.32 Å². The number of nitriles is 1. The maximum atomic E-state index is 11.0. The predicted molar refractivity (Wildman–Crippen MR) is 81.4 cm³/mol. The van der Waals surface area contributed by atoms with Crippen molar-refractivity contribution in [3.63, 3.8) is 0 Å². The maximum absolute atomic E-state index is 11.0. The lowest BCUT2D eigenvalue weighted by atomic mass is 10.1. The summed E-state index contributed by atoms with van der Waals surface area (Å²) in [6.07, 6.45) is 0. The highest BCUT2D eigenvalue weighted by molar-refractivity contribution is 5.92. The third-order valence-corrected chi connectivity index (χ3v) is 3.39. The minimum atomic E-state index is -0.416. The molecular weight excluding hydrogens is 262 g/mol. The third-order valence-electron chi connectivity index (χ3n) is 3.39. The van der Waals surface area contributed by atoms with Gasteiger partial charge in [0, 0.05) is 18.2 Å². The number of hydrogen-bond acceptors (Lipinski definition) is 3. The largest absolute Gasteiger partial charge is 0.366 e. The van der Waals surface area contributed by atoms with Gasteiger partial charge in [0.2, 0.25) is 5.91 Å². The van der Waals surface area contributed by atoms with Crippen LogP contribution in [0.1, 0.15) is 40.0 Å². The van der Waals surface area contributed by atoms with E-state index in [2.05, 4.69) is 18.3 Å². The van der Waals surface area contributed by atoms with Gasteiger partial charge >= 0.3 is 0 Å². The number of primary amides is 1. The minimum absolute atomic E-state index is 0.175. The van der Waals surface area contributed by atoms with Gasteiger partial charge in [-0.15, -0.1) is 0 Å². The highest BCUT2D eigenvalue weighted by Crippen LogP contribution is 2.14. The Balaban J connectivity index is 1.95. The van der Waals surface area contributed by atoms with Crippen molar-refractivity contribution in [2.45, 2.75) is 19.5 Å². The van der Waals surface area contributed by atoms with Crippen molar-refractivity contribution >= 4 is 5.91 Å². The lowest BCUT2D eigenvalue weighted by Crippen LogP contribution is -2.18. The molecule has 1 atom stereocenters. The second kappa shape index (κ2) is 6.69. The van der Waals surface area contributed by atoms with Crippen molar-refractivity contribution in [3.8, 4) is 6.07 Å². The Hall–Kier alpha value is -2.64. The minimum Gasteiger partial charge on any atom is -0.366 e. The number of amides is 1. The van der Waals surface area contributed by atoms with Crippen LogP contribution in [0.2, 0.25) is 0 Å². The molecule has 4 nitrogen and oxygen atoms in total. The van der Waals surface area contributed by atoms with E-state index in [9.17, 15) is 4.79 Å². The lowest BCUT2D eigenvalue weighted by Gasteiger charge is -2.14. The van der Waals surface area contributed by atoms with Crippen molar-refractivity contribution < 1.29 is 4.79 Å². The van der Waals surface area contributed by atoms with Crippen LogP contribution in [0.3, 0.4) is 0 Å². The number of carbonyl (C=O) groups excluding carboxylic acids is 1. The van der Waals surface area contributed by atoms with E-state index in [0.29, 0.717) is 17.7 Å². The summed E-state index contributed by atoms with van der Waals surface area (Å²) in [5.74, 6) is -0.416. The van der Waals surface area contributed by atoms with Crippen LogP contribution in [-0.2, 0) is 6.54 Å². The van der Waals surface area contributed by atoms with Gasteiger partial charge in [-0.3, -0.25) is 4.79 Å². The van der Waals surface area contributed by atoms with Crippen LogP contribution in [0.25, 0.3) is 0 Å². The number of carbonyl (C=O) groups is 1. The summed E-state index contributed by atoms with van der Waals surface area (Å²) in [6, 6.07) is 17.0. The van der Waals surface area contributed by atoms with Gasteiger partial charge in [-0.2, -0.15) is 5.26 Å². The van der Waals surface area contributed by atoms with Crippen LogP contribution in [0, 0.1) is 11.3 Å². The van der Waals surface area contributed by atoms with Gasteiger partial charge in [-0.25, -0.2) is 0 Å². The lowest BCUT2D eigenvalue weighted by molar-refractivity contribution is 0.100. The fourth-order valence-corrected chi connectivity index (χ4v) is 2.02. The monoisotopic (exact) mass is 279 g/mol. The molecule has 106 valence electrons. The van der Waals surface area contributed by atoms with E-state index in [4.69, 9.17) is 11.0 Å². The van der Waals surface area contributed by atoms with Crippen molar-refractivity contribution in [2.75, 3.05) is 0 Å². The Labute approximate surface area is 124 Å². The summed E-state index contributed by atoms with van der Waals surface area (Å²) in [5.41, 5.74) is 8.59. The van der Waals surface area contributed by atoms with Crippen LogP contribution in [0.4, 0.5) is 0 Å². The molecule has 0 heterocycles. The first-order valence-electron chi connectivity index (χ1n) is 6.72. The average Bonchev–Trinajstić information content (AvgIpc) is 2.53. The van der Waals surface area contributed by atoms with Crippen LogP contribution >= 0.6 is 0 Å². The first-order valence-corrected chi connectivity index (χ1v) is 6.72. The number of benzene rings is 2. The van der Waals surface area contributed by atoms with Crippen molar-refractivity contribution in [3.05, 3.63) is 70.8 Å². The van der Waals surface area contributed by atoms with Gasteiger partial charge < -0.3 is 11.1 Å². The zero-order valence-electron chi connectivity index (χ0n) is 11.8. The number of rotatable bonds is 5. The molecule has 2 aromatic carbocycles. The molecule has 3 N–H and O–H groups in total. The molecule has 0 saturated carbocycles. The molecule has 4 heteroatoms. The van der Waals surface area contributed by atoms with Crippen LogP contribution in [-0.4, -0.2) is 5.91 Å². The summed E-state index contributed by atoms with van der Waals surface area (Å²) in [6.45, 7) is 2.76. The molecule has 0 saturated heterocycles. The van der Waals surface area contributed by atoms with E-state index in [1.54, 1.807) is 12.1 Å². The third kappa shape index (κ3) is 3.91. The highest BCUT2D eigenvalue weighted by atomic mass is 16.1. The molecule has 0 fully saturated rings. The number of nitrogens with zero attached hydrogens (tertiary/aromatic N) is 1. The number of hydrogen-bond donors (Lipinski definition) is 2. The van der Waals surface area contributed by atoms with Gasteiger partial charge in [0.15, 0.2) is 0 Å². The van der Waals surface area contributed by atoms with Crippen molar-refractivity contribution in [1.29, 1.82) is 5.26 Å². The zero-order chi connectivity index (χ0) is 15.2. The van der Waals surface area contributed by atoms with Crippen LogP contribution in [0.15, 0.2) is 48.5 Å². The van der Waals surface area contributed by atoms with Gasteiger partial charge in [-0.1, -0.05) is 24.3 Å². The molecule has 2 aromatic rings. The molecule has 0 bridgehead atoms.